The normalized spacial score (nSPS) is 10.6. The summed E-state index contributed by atoms with van der Waals surface area (Å²) in [6, 6.07) is 13.6. The Morgan fingerprint density at radius 1 is 1.00 bits per heavy atom. The fourth-order valence-electron chi connectivity index (χ4n) is 2.43. The summed E-state index contributed by atoms with van der Waals surface area (Å²) in [6.45, 7) is 6.22. The number of amides is 1. The van der Waals surface area contributed by atoms with Gasteiger partial charge < -0.3 is 20.1 Å². The van der Waals surface area contributed by atoms with Gasteiger partial charge in [-0.05, 0) is 57.2 Å². The van der Waals surface area contributed by atoms with Crippen molar-refractivity contribution >= 4 is 23.1 Å². The highest BCUT2D eigenvalue weighted by molar-refractivity contribution is 6.07. The second-order valence-electron chi connectivity index (χ2n) is 5.93. The molecule has 150 valence electrons. The van der Waals surface area contributed by atoms with E-state index < -0.39 is 5.91 Å². The molecule has 2 aromatic carbocycles. The maximum absolute atomic E-state index is 12.3. The van der Waals surface area contributed by atoms with E-state index in [1.165, 1.54) is 13.1 Å². The second-order valence-corrected chi connectivity index (χ2v) is 5.93. The number of nitrogens with zero attached hydrogens (tertiary/aromatic N) is 1. The van der Waals surface area contributed by atoms with E-state index in [-0.39, 0.29) is 11.4 Å². The molecule has 0 fully saturated rings. The van der Waals surface area contributed by atoms with Crippen LogP contribution in [0.3, 0.4) is 0 Å². The summed E-state index contributed by atoms with van der Waals surface area (Å²) in [5.74, 6) is 0.565. The first-order valence-electron chi connectivity index (χ1n) is 9.17. The molecular weight excluding hydrogens is 370 g/mol. The van der Waals surface area contributed by atoms with Gasteiger partial charge in [0, 0.05) is 29.2 Å². The number of nitrogens with one attached hydrogen (secondary N) is 2. The van der Waals surface area contributed by atoms with E-state index in [4.69, 9.17) is 9.47 Å². The third kappa shape index (κ3) is 6.11. The van der Waals surface area contributed by atoms with Crippen molar-refractivity contribution in [1.29, 1.82) is 5.26 Å². The maximum atomic E-state index is 12.3. The first kappa shape index (κ1) is 21.5. The van der Waals surface area contributed by atoms with Gasteiger partial charge in [0.25, 0.3) is 5.91 Å². The molecule has 0 saturated heterocycles. The van der Waals surface area contributed by atoms with Crippen molar-refractivity contribution in [2.75, 3.05) is 23.8 Å². The Morgan fingerprint density at radius 3 is 2.21 bits per heavy atom. The molecule has 0 atom stereocenters. The summed E-state index contributed by atoms with van der Waals surface area (Å²) in [4.78, 5) is 23.7. The number of nitriles is 1. The molecule has 0 radical (unpaired) electrons. The number of carbonyl (C=O) groups is 2. The molecule has 2 N–H and O–H groups in total. The first-order valence-corrected chi connectivity index (χ1v) is 9.17. The summed E-state index contributed by atoms with van der Waals surface area (Å²) in [6.07, 6.45) is 1.32. The van der Waals surface area contributed by atoms with Crippen molar-refractivity contribution in [3.63, 3.8) is 0 Å². The number of ketones is 1. The molecule has 0 aromatic heterocycles. The number of Topliss-reactive ketones (excluding diaryl/α,β-unsaturated/α-hetero) is 1. The topological polar surface area (TPSA) is 100 Å². The van der Waals surface area contributed by atoms with Gasteiger partial charge in [0.2, 0.25) is 0 Å². The predicted octanol–water partition coefficient (Wildman–Crippen LogP) is 4.14. The summed E-state index contributed by atoms with van der Waals surface area (Å²) in [7, 11) is 0. The van der Waals surface area contributed by atoms with Crippen molar-refractivity contribution in [2.24, 2.45) is 0 Å². The number of hydrogen-bond acceptors (Lipinski definition) is 6. The highest BCUT2D eigenvalue weighted by Crippen LogP contribution is 2.30. The summed E-state index contributed by atoms with van der Waals surface area (Å²) >= 11 is 0. The van der Waals surface area contributed by atoms with Gasteiger partial charge in [-0.25, -0.2) is 0 Å². The van der Waals surface area contributed by atoms with Crippen LogP contribution in [-0.2, 0) is 4.79 Å². The maximum Gasteiger partial charge on any atom is 0.267 e. The Morgan fingerprint density at radius 2 is 1.62 bits per heavy atom. The third-order valence-corrected chi connectivity index (χ3v) is 3.84. The smallest absolute Gasteiger partial charge is 0.267 e. The van der Waals surface area contributed by atoms with Gasteiger partial charge >= 0.3 is 0 Å². The van der Waals surface area contributed by atoms with Crippen LogP contribution in [0.5, 0.6) is 11.5 Å². The van der Waals surface area contributed by atoms with E-state index in [1.807, 2.05) is 19.9 Å². The molecule has 0 heterocycles. The van der Waals surface area contributed by atoms with Crippen molar-refractivity contribution in [2.45, 2.75) is 20.8 Å². The lowest BCUT2D eigenvalue weighted by Crippen LogP contribution is -2.14. The average molecular weight is 393 g/mol. The molecule has 0 aliphatic rings. The Kier molecular flexibility index (Phi) is 7.80. The molecule has 0 aliphatic carbocycles. The number of rotatable bonds is 9. The molecule has 7 nitrogen and oxygen atoms in total. The molecule has 0 aliphatic heterocycles. The van der Waals surface area contributed by atoms with E-state index in [0.717, 1.165) is 0 Å². The fraction of sp³-hybridized carbons (Fsp3) is 0.227. The third-order valence-electron chi connectivity index (χ3n) is 3.84. The van der Waals surface area contributed by atoms with Gasteiger partial charge in [-0.15, -0.1) is 0 Å². The summed E-state index contributed by atoms with van der Waals surface area (Å²) < 4.78 is 11.1. The van der Waals surface area contributed by atoms with Gasteiger partial charge in [-0.3, -0.25) is 9.59 Å². The molecule has 0 bridgehead atoms. The van der Waals surface area contributed by atoms with Crippen LogP contribution >= 0.6 is 0 Å². The Hall–Kier alpha value is -3.79. The molecule has 7 heteroatoms. The summed E-state index contributed by atoms with van der Waals surface area (Å²) in [5, 5.41) is 14.9. The van der Waals surface area contributed by atoms with Gasteiger partial charge in [0.15, 0.2) is 17.3 Å². The quantitative estimate of drug-likeness (QED) is 0.377. The van der Waals surface area contributed by atoms with Crippen molar-refractivity contribution < 1.29 is 19.1 Å². The molecular formula is C22H23N3O4. The number of hydrogen-bond donors (Lipinski definition) is 2. The van der Waals surface area contributed by atoms with Crippen molar-refractivity contribution in [3.8, 4) is 17.6 Å². The zero-order chi connectivity index (χ0) is 21.2. The molecule has 0 spiro atoms. The molecule has 0 saturated carbocycles. The van der Waals surface area contributed by atoms with Crippen molar-refractivity contribution in [1.82, 2.24) is 0 Å². The molecule has 29 heavy (non-hydrogen) atoms. The lowest BCUT2D eigenvalue weighted by Gasteiger charge is -2.12. The molecule has 2 rings (SSSR count). The number of carbonyl (C=O) groups excluding carboxylic acids is 2. The van der Waals surface area contributed by atoms with E-state index in [9.17, 15) is 14.9 Å². The van der Waals surface area contributed by atoms with Gasteiger partial charge in [-0.2, -0.15) is 5.26 Å². The van der Waals surface area contributed by atoms with Crippen LogP contribution in [0, 0.1) is 11.3 Å². The van der Waals surface area contributed by atoms with Gasteiger partial charge in [0.05, 0.1) is 13.2 Å². The van der Waals surface area contributed by atoms with Crippen LogP contribution < -0.4 is 20.1 Å². The van der Waals surface area contributed by atoms with Crippen LogP contribution in [0.4, 0.5) is 11.4 Å². The minimum absolute atomic E-state index is 0.0635. The lowest BCUT2D eigenvalue weighted by molar-refractivity contribution is -0.112. The van der Waals surface area contributed by atoms with Crippen LogP contribution in [-0.4, -0.2) is 24.9 Å². The van der Waals surface area contributed by atoms with Crippen molar-refractivity contribution in [3.05, 3.63) is 59.8 Å². The Labute approximate surface area is 169 Å². The fourth-order valence-corrected chi connectivity index (χ4v) is 2.43. The van der Waals surface area contributed by atoms with Crippen LogP contribution in [0.15, 0.2) is 54.2 Å². The first-order chi connectivity index (χ1) is 14.0. The average Bonchev–Trinajstić information content (AvgIpc) is 2.71. The zero-order valence-electron chi connectivity index (χ0n) is 16.6. The van der Waals surface area contributed by atoms with E-state index in [2.05, 4.69) is 10.6 Å². The molecule has 0 unspecified atom stereocenters. The highest BCUT2D eigenvalue weighted by Gasteiger charge is 2.11. The standard InChI is InChI=1S/C22H23N3O4/c1-4-28-20-11-10-19(12-21(20)29-5-2)24-14-17(13-23)22(27)25-18-8-6-16(7-9-18)15(3)26/h6-12,14,24H,4-5H2,1-3H3,(H,25,27)/b17-14-. The highest BCUT2D eigenvalue weighted by atomic mass is 16.5. The van der Waals surface area contributed by atoms with Crippen LogP contribution in [0.1, 0.15) is 31.1 Å². The predicted molar refractivity (Wildman–Crippen MR) is 111 cm³/mol. The minimum atomic E-state index is -0.563. The van der Waals surface area contributed by atoms with Crippen LogP contribution in [0.25, 0.3) is 0 Å². The molecule has 1 amide bonds. The number of benzene rings is 2. The van der Waals surface area contributed by atoms with E-state index in [0.29, 0.717) is 41.7 Å². The summed E-state index contributed by atoms with van der Waals surface area (Å²) in [5.41, 5.74) is 1.57. The lowest BCUT2D eigenvalue weighted by atomic mass is 10.1. The van der Waals surface area contributed by atoms with E-state index >= 15 is 0 Å². The monoisotopic (exact) mass is 393 g/mol. The van der Waals surface area contributed by atoms with Gasteiger partial charge in [-0.1, -0.05) is 0 Å². The molecule has 2 aromatic rings. The van der Waals surface area contributed by atoms with E-state index in [1.54, 1.807) is 42.5 Å². The number of anilines is 2. The Bertz CT molecular complexity index is 944. The van der Waals surface area contributed by atoms with Gasteiger partial charge in [0.1, 0.15) is 11.6 Å². The minimum Gasteiger partial charge on any atom is -0.490 e. The largest absolute Gasteiger partial charge is 0.490 e. The van der Waals surface area contributed by atoms with Crippen LogP contribution in [0.2, 0.25) is 0 Å². The number of ether oxygens (including phenoxy) is 2. The SMILES string of the molecule is CCOc1ccc(N/C=C(/C#N)C(=O)Nc2ccc(C(C)=O)cc2)cc1OCC. The second kappa shape index (κ2) is 10.5. The zero-order valence-corrected chi connectivity index (χ0v) is 16.6. The Balaban J connectivity index is 2.10.